The lowest BCUT2D eigenvalue weighted by atomic mass is 10.3. The van der Waals surface area contributed by atoms with E-state index in [1.165, 1.54) is 0 Å². The summed E-state index contributed by atoms with van der Waals surface area (Å²) in [7, 11) is 0. The number of aromatic nitrogens is 1. The molecular formula is C11H15BrN2O2. The minimum atomic E-state index is -0.451. The summed E-state index contributed by atoms with van der Waals surface area (Å²) in [6, 6.07) is 3.68. The number of ether oxygens (including phenoxy) is 1. The van der Waals surface area contributed by atoms with Gasteiger partial charge in [0.05, 0.1) is 6.61 Å². The Hall–Kier alpha value is -1.10. The average molecular weight is 287 g/mol. The van der Waals surface area contributed by atoms with Gasteiger partial charge in [0.1, 0.15) is 5.82 Å². The molecule has 4 nitrogen and oxygen atoms in total. The molecule has 1 N–H and O–H groups in total. The maximum Gasteiger partial charge on any atom is 0.412 e. The second-order valence-electron chi connectivity index (χ2n) is 3.30. The summed E-state index contributed by atoms with van der Waals surface area (Å²) in [5.41, 5.74) is 1.05. The molecule has 0 saturated heterocycles. The molecule has 0 aliphatic heterocycles. The summed E-state index contributed by atoms with van der Waals surface area (Å²) in [6.45, 7) is 2.49. The lowest BCUT2D eigenvalue weighted by Gasteiger charge is -2.06. The zero-order valence-electron chi connectivity index (χ0n) is 9.20. The van der Waals surface area contributed by atoms with E-state index in [1.54, 1.807) is 12.3 Å². The van der Waals surface area contributed by atoms with Crippen LogP contribution in [0.3, 0.4) is 0 Å². The monoisotopic (exact) mass is 286 g/mol. The molecule has 5 heteroatoms. The molecule has 0 unspecified atom stereocenters. The minimum absolute atomic E-state index is 0.445. The standard InChI is InChI=1S/C11H15BrN2O2/c1-2-3-6-16-11(15)14-10-7-9(8-12)4-5-13-10/h4-5,7H,2-3,6,8H2,1H3,(H,13,14,15). The van der Waals surface area contributed by atoms with Crippen LogP contribution in [0.5, 0.6) is 0 Å². The van der Waals surface area contributed by atoms with Gasteiger partial charge < -0.3 is 4.74 Å². The van der Waals surface area contributed by atoms with Gasteiger partial charge in [-0.2, -0.15) is 0 Å². The first-order valence-electron chi connectivity index (χ1n) is 5.21. The molecular weight excluding hydrogens is 272 g/mol. The van der Waals surface area contributed by atoms with Crippen LogP contribution in [0.25, 0.3) is 0 Å². The third-order valence-corrected chi connectivity index (χ3v) is 2.59. The second kappa shape index (κ2) is 7.22. The number of halogens is 1. The fraction of sp³-hybridized carbons (Fsp3) is 0.455. The second-order valence-corrected chi connectivity index (χ2v) is 3.86. The van der Waals surface area contributed by atoms with Crippen molar-refractivity contribution < 1.29 is 9.53 Å². The highest BCUT2D eigenvalue weighted by molar-refractivity contribution is 9.08. The van der Waals surface area contributed by atoms with Crippen molar-refractivity contribution in [3.63, 3.8) is 0 Å². The molecule has 1 aromatic heterocycles. The molecule has 0 spiro atoms. The van der Waals surface area contributed by atoms with Gasteiger partial charge in [-0.15, -0.1) is 0 Å². The maximum absolute atomic E-state index is 11.3. The van der Waals surface area contributed by atoms with E-state index in [4.69, 9.17) is 4.74 Å². The SMILES string of the molecule is CCCCOC(=O)Nc1cc(CBr)ccn1. The topological polar surface area (TPSA) is 51.2 Å². The van der Waals surface area contributed by atoms with Crippen LogP contribution in [0.1, 0.15) is 25.3 Å². The van der Waals surface area contributed by atoms with Gasteiger partial charge in [-0.05, 0) is 24.1 Å². The normalized spacial score (nSPS) is 9.88. The molecule has 0 bridgehead atoms. The number of hydrogen-bond donors (Lipinski definition) is 1. The van der Waals surface area contributed by atoms with Crippen molar-refractivity contribution >= 4 is 27.8 Å². The zero-order valence-corrected chi connectivity index (χ0v) is 10.8. The van der Waals surface area contributed by atoms with Crippen LogP contribution in [-0.2, 0) is 10.1 Å². The molecule has 0 aromatic carbocycles. The number of anilines is 1. The van der Waals surface area contributed by atoms with Crippen molar-refractivity contribution in [2.24, 2.45) is 0 Å². The summed E-state index contributed by atoms with van der Waals surface area (Å²) in [5, 5.41) is 3.31. The van der Waals surface area contributed by atoms with Gasteiger partial charge >= 0.3 is 6.09 Å². The van der Waals surface area contributed by atoms with Crippen molar-refractivity contribution in [2.75, 3.05) is 11.9 Å². The first-order chi connectivity index (χ1) is 7.76. The Morgan fingerprint density at radius 2 is 2.44 bits per heavy atom. The van der Waals surface area contributed by atoms with Gasteiger partial charge in [0.15, 0.2) is 0 Å². The maximum atomic E-state index is 11.3. The predicted molar refractivity (Wildman–Crippen MR) is 66.7 cm³/mol. The highest BCUT2D eigenvalue weighted by atomic mass is 79.9. The number of rotatable bonds is 5. The Morgan fingerprint density at radius 3 is 3.12 bits per heavy atom. The lowest BCUT2D eigenvalue weighted by Crippen LogP contribution is -2.15. The Labute approximate surface area is 104 Å². The van der Waals surface area contributed by atoms with E-state index in [-0.39, 0.29) is 0 Å². The van der Waals surface area contributed by atoms with Gasteiger partial charge in [-0.25, -0.2) is 9.78 Å². The van der Waals surface area contributed by atoms with E-state index < -0.39 is 6.09 Å². The molecule has 0 aliphatic carbocycles. The number of carbonyl (C=O) groups is 1. The molecule has 0 aliphatic rings. The number of pyridine rings is 1. The fourth-order valence-corrected chi connectivity index (χ4v) is 1.42. The van der Waals surface area contributed by atoms with Crippen LogP contribution in [0, 0.1) is 0 Å². The van der Waals surface area contributed by atoms with Gasteiger partial charge in [0.25, 0.3) is 0 Å². The quantitative estimate of drug-likeness (QED) is 0.667. The van der Waals surface area contributed by atoms with Crippen molar-refractivity contribution in [2.45, 2.75) is 25.1 Å². The number of nitrogens with zero attached hydrogens (tertiary/aromatic N) is 1. The summed E-state index contributed by atoms with van der Waals surface area (Å²) >= 11 is 3.34. The smallest absolute Gasteiger partial charge is 0.412 e. The van der Waals surface area contributed by atoms with Crippen LogP contribution < -0.4 is 5.32 Å². The van der Waals surface area contributed by atoms with Crippen molar-refractivity contribution in [1.29, 1.82) is 0 Å². The molecule has 0 fully saturated rings. The van der Waals surface area contributed by atoms with E-state index in [9.17, 15) is 4.79 Å². The third kappa shape index (κ3) is 4.61. The Kier molecular flexibility index (Phi) is 5.85. The first kappa shape index (κ1) is 13.0. The number of hydrogen-bond acceptors (Lipinski definition) is 3. The fourth-order valence-electron chi connectivity index (χ4n) is 1.08. The zero-order chi connectivity index (χ0) is 11.8. The van der Waals surface area contributed by atoms with Crippen molar-refractivity contribution in [1.82, 2.24) is 4.98 Å². The van der Waals surface area contributed by atoms with Gasteiger partial charge in [-0.3, -0.25) is 5.32 Å². The molecule has 88 valence electrons. The number of alkyl halides is 1. The molecule has 1 aromatic rings. The number of unbranched alkanes of at least 4 members (excludes halogenated alkanes) is 1. The van der Waals surface area contributed by atoms with E-state index in [0.717, 1.165) is 23.7 Å². The van der Waals surface area contributed by atoms with E-state index in [1.807, 2.05) is 13.0 Å². The molecule has 16 heavy (non-hydrogen) atoms. The van der Waals surface area contributed by atoms with E-state index in [0.29, 0.717) is 12.4 Å². The van der Waals surface area contributed by atoms with Crippen molar-refractivity contribution in [3.05, 3.63) is 23.9 Å². The van der Waals surface area contributed by atoms with Crippen molar-refractivity contribution in [3.8, 4) is 0 Å². The minimum Gasteiger partial charge on any atom is -0.449 e. The summed E-state index contributed by atoms with van der Waals surface area (Å²) in [6.07, 6.45) is 3.08. The number of nitrogens with one attached hydrogen (secondary N) is 1. The Bertz CT molecular complexity index is 345. The summed E-state index contributed by atoms with van der Waals surface area (Å²) < 4.78 is 4.96. The Morgan fingerprint density at radius 1 is 1.62 bits per heavy atom. The average Bonchev–Trinajstić information content (AvgIpc) is 2.29. The molecule has 0 atom stereocenters. The molecule has 1 rings (SSSR count). The highest BCUT2D eigenvalue weighted by Crippen LogP contribution is 2.10. The molecule has 0 radical (unpaired) electrons. The predicted octanol–water partition coefficient (Wildman–Crippen LogP) is 3.33. The van der Waals surface area contributed by atoms with Crippen LogP contribution in [-0.4, -0.2) is 17.7 Å². The summed E-state index contributed by atoms with van der Waals surface area (Å²) in [4.78, 5) is 15.3. The Balaban J connectivity index is 2.43. The number of amides is 1. The molecule has 0 saturated carbocycles. The van der Waals surface area contributed by atoms with E-state index in [2.05, 4.69) is 26.2 Å². The van der Waals surface area contributed by atoms with Gasteiger partial charge in [0.2, 0.25) is 0 Å². The van der Waals surface area contributed by atoms with Crippen LogP contribution >= 0.6 is 15.9 Å². The first-order valence-corrected chi connectivity index (χ1v) is 6.33. The van der Waals surface area contributed by atoms with Crippen LogP contribution in [0.15, 0.2) is 18.3 Å². The molecule has 1 amide bonds. The number of carbonyl (C=O) groups excluding carboxylic acids is 1. The largest absolute Gasteiger partial charge is 0.449 e. The third-order valence-electron chi connectivity index (χ3n) is 1.94. The lowest BCUT2D eigenvalue weighted by molar-refractivity contribution is 0.160. The van der Waals surface area contributed by atoms with Gasteiger partial charge in [-0.1, -0.05) is 29.3 Å². The molecule has 1 heterocycles. The van der Waals surface area contributed by atoms with E-state index >= 15 is 0 Å². The highest BCUT2D eigenvalue weighted by Gasteiger charge is 2.03. The van der Waals surface area contributed by atoms with Crippen LogP contribution in [0.2, 0.25) is 0 Å². The van der Waals surface area contributed by atoms with Crippen LogP contribution in [0.4, 0.5) is 10.6 Å². The van der Waals surface area contributed by atoms with Gasteiger partial charge in [0, 0.05) is 11.5 Å². The summed E-state index contributed by atoms with van der Waals surface area (Å²) in [5.74, 6) is 0.512.